The van der Waals surface area contributed by atoms with E-state index in [0.29, 0.717) is 22.1 Å². The number of methoxy groups -OCH3 is 2. The van der Waals surface area contributed by atoms with Gasteiger partial charge in [-0.15, -0.1) is 0 Å². The summed E-state index contributed by atoms with van der Waals surface area (Å²) < 4.78 is 12.4. The van der Waals surface area contributed by atoms with Crippen LogP contribution in [-0.4, -0.2) is 40.8 Å². The van der Waals surface area contributed by atoms with E-state index in [9.17, 15) is 9.59 Å². The Morgan fingerprint density at radius 1 is 1.00 bits per heavy atom. The molecule has 0 aliphatic carbocycles. The average molecular weight is 542 g/mol. The van der Waals surface area contributed by atoms with Crippen LogP contribution in [-0.2, 0) is 9.53 Å². The molecule has 1 amide bonds. The van der Waals surface area contributed by atoms with Crippen LogP contribution >= 0.6 is 12.2 Å². The van der Waals surface area contributed by atoms with E-state index in [1.807, 2.05) is 70.3 Å². The van der Waals surface area contributed by atoms with Gasteiger partial charge in [0.15, 0.2) is 5.11 Å². The van der Waals surface area contributed by atoms with E-state index in [1.165, 1.54) is 14.0 Å². The lowest BCUT2D eigenvalue weighted by atomic mass is 10.0. The molecule has 10 heteroatoms. The minimum absolute atomic E-state index is 0.213. The summed E-state index contributed by atoms with van der Waals surface area (Å²) in [6, 6.07) is 21.9. The second kappa shape index (κ2) is 11.0. The van der Waals surface area contributed by atoms with Gasteiger partial charge in [-0.2, -0.15) is 0 Å². The first kappa shape index (κ1) is 25.9. The molecule has 2 atom stereocenters. The number of aromatic nitrogens is 2. The van der Waals surface area contributed by atoms with Gasteiger partial charge in [-0.25, -0.2) is 4.79 Å². The molecular weight excluding hydrogens is 514 g/mol. The van der Waals surface area contributed by atoms with Crippen molar-refractivity contribution in [2.75, 3.05) is 24.4 Å². The summed E-state index contributed by atoms with van der Waals surface area (Å²) in [5, 5.41) is 6.80. The van der Waals surface area contributed by atoms with Gasteiger partial charge in [0.2, 0.25) is 5.91 Å². The van der Waals surface area contributed by atoms with Crippen LogP contribution in [0.25, 0.3) is 5.69 Å². The monoisotopic (exact) mass is 541 g/mol. The van der Waals surface area contributed by atoms with Gasteiger partial charge in [-0.3, -0.25) is 9.78 Å². The summed E-state index contributed by atoms with van der Waals surface area (Å²) in [5.74, 6) is -0.0892. The van der Waals surface area contributed by atoms with E-state index in [-0.39, 0.29) is 18.0 Å². The van der Waals surface area contributed by atoms with Crippen LogP contribution in [0.2, 0.25) is 0 Å². The number of carbonyl (C=O) groups excluding carboxylic acids is 2. The molecule has 9 nitrogen and oxygen atoms in total. The highest BCUT2D eigenvalue weighted by Gasteiger charge is 2.42. The number of ether oxygens (including phenoxy) is 2. The minimum Gasteiger partial charge on any atom is -0.495 e. The maximum Gasteiger partial charge on any atom is 0.337 e. The largest absolute Gasteiger partial charge is 0.495 e. The minimum atomic E-state index is -0.411. The molecule has 0 radical (unpaired) electrons. The van der Waals surface area contributed by atoms with Gasteiger partial charge < -0.3 is 29.6 Å². The van der Waals surface area contributed by atoms with Crippen LogP contribution in [0.3, 0.4) is 0 Å². The van der Waals surface area contributed by atoms with Crippen molar-refractivity contribution in [2.24, 2.45) is 0 Å². The predicted molar refractivity (Wildman–Crippen MR) is 152 cm³/mol. The maximum atomic E-state index is 12.2. The Morgan fingerprint density at radius 3 is 2.56 bits per heavy atom. The Bertz CT molecular complexity index is 1540. The molecular formula is C29H27N5O4S. The number of nitrogens with zero attached hydrogens (tertiary/aromatic N) is 3. The van der Waals surface area contributed by atoms with E-state index >= 15 is 0 Å². The number of nitrogens with one attached hydrogen (secondary N) is 2. The lowest BCUT2D eigenvalue weighted by molar-refractivity contribution is -0.114. The predicted octanol–water partition coefficient (Wildman–Crippen LogP) is 4.80. The van der Waals surface area contributed by atoms with Crippen molar-refractivity contribution >= 4 is 40.6 Å². The molecule has 0 saturated carbocycles. The zero-order valence-corrected chi connectivity index (χ0v) is 22.4. The van der Waals surface area contributed by atoms with Crippen molar-refractivity contribution in [3.63, 3.8) is 0 Å². The Kier molecular flexibility index (Phi) is 7.29. The number of hydrogen-bond acceptors (Lipinski definition) is 6. The van der Waals surface area contributed by atoms with E-state index in [4.69, 9.17) is 21.7 Å². The smallest absolute Gasteiger partial charge is 0.337 e. The molecule has 4 aromatic rings. The lowest BCUT2D eigenvalue weighted by Crippen LogP contribution is -2.30. The van der Waals surface area contributed by atoms with E-state index < -0.39 is 5.97 Å². The van der Waals surface area contributed by atoms with E-state index in [0.717, 1.165) is 22.8 Å². The van der Waals surface area contributed by atoms with Crippen molar-refractivity contribution < 1.29 is 19.1 Å². The highest BCUT2D eigenvalue weighted by Crippen LogP contribution is 2.43. The zero-order valence-electron chi connectivity index (χ0n) is 21.6. The highest BCUT2D eigenvalue weighted by atomic mass is 32.1. The summed E-state index contributed by atoms with van der Waals surface area (Å²) in [6.07, 6.45) is 3.69. The van der Waals surface area contributed by atoms with Gasteiger partial charge in [0, 0.05) is 36.4 Å². The second-order valence-electron chi connectivity index (χ2n) is 8.91. The van der Waals surface area contributed by atoms with Crippen LogP contribution < -0.4 is 20.3 Å². The second-order valence-corrected chi connectivity index (χ2v) is 9.29. The highest BCUT2D eigenvalue weighted by molar-refractivity contribution is 7.80. The first-order chi connectivity index (χ1) is 18.9. The normalized spacial score (nSPS) is 16.5. The van der Waals surface area contributed by atoms with Crippen LogP contribution in [0.4, 0.5) is 11.4 Å². The van der Waals surface area contributed by atoms with Gasteiger partial charge in [-0.05, 0) is 72.9 Å². The number of carbonyl (C=O) groups is 2. The molecule has 0 spiro atoms. The molecule has 2 aromatic heterocycles. The Labute approximate surface area is 231 Å². The van der Waals surface area contributed by atoms with Crippen LogP contribution in [0.15, 0.2) is 85.2 Å². The lowest BCUT2D eigenvalue weighted by Gasteiger charge is -2.29. The first-order valence-corrected chi connectivity index (χ1v) is 12.6. The van der Waals surface area contributed by atoms with Crippen molar-refractivity contribution in [3.05, 3.63) is 102 Å². The summed E-state index contributed by atoms with van der Waals surface area (Å²) >= 11 is 5.87. The molecule has 1 aliphatic rings. The van der Waals surface area contributed by atoms with Crippen molar-refractivity contribution in [1.82, 2.24) is 14.9 Å². The third kappa shape index (κ3) is 5.06. The van der Waals surface area contributed by atoms with Gasteiger partial charge >= 0.3 is 5.97 Å². The first-order valence-electron chi connectivity index (χ1n) is 12.2. The fourth-order valence-electron chi connectivity index (χ4n) is 4.84. The number of amides is 1. The number of thiocarbonyl (C=S) groups is 1. The summed E-state index contributed by atoms with van der Waals surface area (Å²) in [5.41, 5.74) is 4.27. The molecule has 0 unspecified atom stereocenters. The number of pyridine rings is 1. The summed E-state index contributed by atoms with van der Waals surface area (Å²) in [6.45, 7) is 1.45. The van der Waals surface area contributed by atoms with Gasteiger partial charge in [-0.1, -0.05) is 12.1 Å². The molecule has 1 aliphatic heterocycles. The van der Waals surface area contributed by atoms with Crippen LogP contribution in [0, 0.1) is 0 Å². The molecule has 1 saturated heterocycles. The Balaban J connectivity index is 1.66. The molecule has 39 heavy (non-hydrogen) atoms. The SMILES string of the molecule is COC(=O)c1cccc(-n2cccc2[C@H]2[C@H](c3ccccn3)NC(=S)N2c2ccc(OC)c(NC(C)=O)c2)c1. The summed E-state index contributed by atoms with van der Waals surface area (Å²) in [7, 11) is 2.91. The van der Waals surface area contributed by atoms with E-state index in [2.05, 4.69) is 15.6 Å². The standard InChI is InChI=1S/C29H27N5O4S/c1-18(35)31-23-17-21(12-13-25(23)37-2)34-27(26(32-29(34)39)22-10-4-5-14-30-22)24-11-7-15-33(24)20-9-6-8-19(16-20)28(36)38-3/h4-17,26-27H,1-3H3,(H,31,35)(H,32,39)/t26-,27-/m0/s1. The number of rotatable bonds is 7. The fourth-order valence-corrected chi connectivity index (χ4v) is 5.18. The van der Waals surface area contributed by atoms with Gasteiger partial charge in [0.05, 0.1) is 37.2 Å². The molecule has 5 rings (SSSR count). The maximum absolute atomic E-state index is 12.2. The Hall–Kier alpha value is -4.70. The van der Waals surface area contributed by atoms with Crippen molar-refractivity contribution in [1.29, 1.82) is 0 Å². The quantitative estimate of drug-likeness (QED) is 0.254. The topological polar surface area (TPSA) is 97.7 Å². The van der Waals surface area contributed by atoms with Crippen LogP contribution in [0.1, 0.15) is 40.8 Å². The van der Waals surface area contributed by atoms with Crippen molar-refractivity contribution in [2.45, 2.75) is 19.0 Å². The number of hydrogen-bond donors (Lipinski definition) is 2. The fraction of sp³-hybridized carbons (Fsp3) is 0.172. The average Bonchev–Trinajstić information content (AvgIpc) is 3.57. The molecule has 1 fully saturated rings. The summed E-state index contributed by atoms with van der Waals surface area (Å²) in [4.78, 5) is 30.8. The Morgan fingerprint density at radius 2 is 1.85 bits per heavy atom. The van der Waals surface area contributed by atoms with Gasteiger partial charge in [0.1, 0.15) is 11.8 Å². The van der Waals surface area contributed by atoms with Crippen LogP contribution in [0.5, 0.6) is 5.75 Å². The molecule has 198 valence electrons. The third-order valence-electron chi connectivity index (χ3n) is 6.50. The number of anilines is 2. The van der Waals surface area contributed by atoms with E-state index in [1.54, 1.807) is 31.5 Å². The third-order valence-corrected chi connectivity index (χ3v) is 6.81. The molecule has 3 heterocycles. The van der Waals surface area contributed by atoms with Gasteiger partial charge in [0.25, 0.3) is 0 Å². The number of benzene rings is 2. The van der Waals surface area contributed by atoms with Crippen molar-refractivity contribution in [3.8, 4) is 11.4 Å². The molecule has 2 aromatic carbocycles. The molecule has 2 N–H and O–H groups in total. The molecule has 0 bridgehead atoms. The number of esters is 1. The zero-order chi connectivity index (χ0) is 27.5.